The third-order valence-corrected chi connectivity index (χ3v) is 4.90. The number of hydrogen-bond donors (Lipinski definition) is 0. The molecule has 1 aliphatic rings. The van der Waals surface area contributed by atoms with Crippen LogP contribution in [0.15, 0.2) is 72.6 Å². The van der Waals surface area contributed by atoms with Crippen LogP contribution in [0.4, 0.5) is 0 Å². The van der Waals surface area contributed by atoms with E-state index in [1.54, 1.807) is 60.9 Å². The van der Waals surface area contributed by atoms with E-state index in [1.807, 2.05) is 0 Å². The second-order valence-corrected chi connectivity index (χ2v) is 6.80. The van der Waals surface area contributed by atoms with Crippen molar-refractivity contribution in [3.05, 3.63) is 89.3 Å². The van der Waals surface area contributed by atoms with Crippen molar-refractivity contribution in [1.82, 2.24) is 4.98 Å². The number of allylic oxidation sites excluding steroid dienone is 1. The van der Waals surface area contributed by atoms with Gasteiger partial charge in [0.1, 0.15) is 5.75 Å². The Kier molecular flexibility index (Phi) is 7.69. The van der Waals surface area contributed by atoms with Crippen LogP contribution in [0.1, 0.15) is 21.5 Å². The minimum Gasteiger partial charge on any atom is -0.545 e. The summed E-state index contributed by atoms with van der Waals surface area (Å²) in [4.78, 5) is 29.7. The fraction of sp³-hybridized carbons (Fsp3) is 0.125. The molecule has 0 spiro atoms. The van der Waals surface area contributed by atoms with Gasteiger partial charge in [0.25, 0.3) is 0 Å². The molecule has 2 aromatic carbocycles. The number of pyridine rings is 1. The number of aliphatic carboxylic acids is 1. The number of rotatable bonds is 7. The molecule has 0 unspecified atom stereocenters. The van der Waals surface area contributed by atoms with E-state index in [2.05, 4.69) is 4.98 Å². The summed E-state index contributed by atoms with van der Waals surface area (Å²) < 4.78 is 15.8. The molecule has 0 N–H and O–H groups in total. The zero-order valence-electron chi connectivity index (χ0n) is 17.7. The van der Waals surface area contributed by atoms with Gasteiger partial charge in [-0.05, 0) is 53.6 Å². The summed E-state index contributed by atoms with van der Waals surface area (Å²) in [6.07, 6.45) is 3.26. The van der Waals surface area contributed by atoms with Crippen molar-refractivity contribution in [1.29, 1.82) is 0 Å². The number of ketones is 1. The van der Waals surface area contributed by atoms with Gasteiger partial charge >= 0.3 is 29.6 Å². The molecule has 1 aliphatic heterocycles. The molecular weight excluding hydrogens is 421 g/mol. The molecule has 8 heteroatoms. The summed E-state index contributed by atoms with van der Waals surface area (Å²) in [5.41, 5.74) is 1.20. The third-order valence-electron chi connectivity index (χ3n) is 4.90. The molecule has 0 fully saturated rings. The van der Waals surface area contributed by atoms with Crippen molar-refractivity contribution < 1.29 is 58.5 Å². The van der Waals surface area contributed by atoms with Gasteiger partial charge in [0.15, 0.2) is 17.3 Å². The van der Waals surface area contributed by atoms with Gasteiger partial charge in [-0.3, -0.25) is 9.78 Å². The van der Waals surface area contributed by atoms with Gasteiger partial charge in [-0.1, -0.05) is 12.1 Å². The van der Waals surface area contributed by atoms with Crippen molar-refractivity contribution in [2.24, 2.45) is 0 Å². The largest absolute Gasteiger partial charge is 1.00 e. The molecule has 3 aromatic rings. The molecular formula is C24H18NNaO6. The van der Waals surface area contributed by atoms with Crippen molar-refractivity contribution in [3.63, 3.8) is 0 Å². The standard InChI is InChI=1S/C24H19NO6.Na/c1-29-18-7-4-16(5-8-18)23(26)19(11-15-3-2-10-25-13-15)22(24(27)28)17-6-9-20-21(12-17)31-14-30-20;/h2-10,12-13H,11,14H2,1H3,(H,27,28);/q;+1/p-1/b22-19-;. The summed E-state index contributed by atoms with van der Waals surface area (Å²) in [6.45, 7) is 0.0521. The number of carboxylic acids is 1. The number of fused-ring (bicyclic) bond motifs is 1. The molecule has 0 aliphatic carbocycles. The van der Waals surface area contributed by atoms with Crippen LogP contribution in [0.5, 0.6) is 17.2 Å². The number of carbonyl (C=O) groups excluding carboxylic acids is 2. The molecule has 0 bridgehead atoms. The fourth-order valence-electron chi connectivity index (χ4n) is 3.37. The van der Waals surface area contributed by atoms with Crippen LogP contribution in [0.2, 0.25) is 0 Å². The van der Waals surface area contributed by atoms with Crippen molar-refractivity contribution in [2.75, 3.05) is 13.9 Å². The average Bonchev–Trinajstić information content (AvgIpc) is 3.27. The predicted octanol–water partition coefficient (Wildman–Crippen LogP) is -0.548. The van der Waals surface area contributed by atoms with Gasteiger partial charge in [0, 0.05) is 35.5 Å². The van der Waals surface area contributed by atoms with Crippen molar-refractivity contribution >= 4 is 17.3 Å². The van der Waals surface area contributed by atoms with Crippen LogP contribution in [0, 0.1) is 0 Å². The van der Waals surface area contributed by atoms with Crippen LogP contribution < -0.4 is 48.9 Å². The Morgan fingerprint density at radius 2 is 1.75 bits per heavy atom. The van der Waals surface area contributed by atoms with Gasteiger partial charge in [-0.15, -0.1) is 0 Å². The van der Waals surface area contributed by atoms with Crippen LogP contribution in [-0.4, -0.2) is 30.6 Å². The van der Waals surface area contributed by atoms with E-state index in [0.717, 1.165) is 0 Å². The molecule has 7 nitrogen and oxygen atoms in total. The summed E-state index contributed by atoms with van der Waals surface area (Å²) >= 11 is 0. The molecule has 0 radical (unpaired) electrons. The Morgan fingerprint density at radius 3 is 2.41 bits per heavy atom. The summed E-state index contributed by atoms with van der Waals surface area (Å²) in [5, 5.41) is 12.2. The maximum Gasteiger partial charge on any atom is 1.00 e. The van der Waals surface area contributed by atoms with E-state index in [-0.39, 0.29) is 53.9 Å². The molecule has 0 atom stereocenters. The number of nitrogens with zero attached hydrogens (tertiary/aromatic N) is 1. The predicted molar refractivity (Wildman–Crippen MR) is 110 cm³/mol. The third kappa shape index (κ3) is 5.02. The number of Topliss-reactive ketones (excluding diaryl/α,β-unsaturated/α-hetero) is 1. The van der Waals surface area contributed by atoms with E-state index in [9.17, 15) is 14.7 Å². The maximum absolute atomic E-state index is 13.4. The zero-order chi connectivity index (χ0) is 21.8. The first-order valence-corrected chi connectivity index (χ1v) is 9.49. The van der Waals surface area contributed by atoms with Crippen molar-refractivity contribution in [3.8, 4) is 17.2 Å². The minimum atomic E-state index is -1.46. The first kappa shape index (κ1) is 23.5. The first-order valence-electron chi connectivity index (χ1n) is 9.49. The number of ether oxygens (including phenoxy) is 3. The molecule has 0 saturated carbocycles. The number of carboxylic acid groups (broad SMARTS) is 1. The monoisotopic (exact) mass is 439 g/mol. The molecule has 4 rings (SSSR count). The van der Waals surface area contributed by atoms with Gasteiger partial charge in [-0.2, -0.15) is 0 Å². The number of hydrogen-bond acceptors (Lipinski definition) is 7. The van der Waals surface area contributed by atoms with Crippen LogP contribution in [0.3, 0.4) is 0 Å². The van der Waals surface area contributed by atoms with Gasteiger partial charge in [-0.25, -0.2) is 0 Å². The van der Waals surface area contributed by atoms with E-state index in [1.165, 1.54) is 13.2 Å². The Hall–Kier alpha value is -3.13. The van der Waals surface area contributed by atoms with Crippen LogP contribution in [-0.2, 0) is 11.2 Å². The molecule has 1 aromatic heterocycles. The van der Waals surface area contributed by atoms with Crippen LogP contribution >= 0.6 is 0 Å². The Morgan fingerprint density at radius 1 is 1.03 bits per heavy atom. The molecule has 156 valence electrons. The van der Waals surface area contributed by atoms with Gasteiger partial charge < -0.3 is 24.1 Å². The fourth-order valence-corrected chi connectivity index (χ4v) is 3.37. The summed E-state index contributed by atoms with van der Waals surface area (Å²) in [5.74, 6) is -0.376. The van der Waals surface area contributed by atoms with Gasteiger partial charge in [0.2, 0.25) is 6.79 Å². The van der Waals surface area contributed by atoms with E-state index < -0.39 is 11.8 Å². The normalized spacial score (nSPS) is 12.4. The Labute approximate surface area is 206 Å². The number of carbonyl (C=O) groups is 2. The second-order valence-electron chi connectivity index (χ2n) is 6.80. The first-order chi connectivity index (χ1) is 15.1. The van der Waals surface area contributed by atoms with Crippen LogP contribution in [0.25, 0.3) is 5.57 Å². The topological polar surface area (TPSA) is 97.8 Å². The van der Waals surface area contributed by atoms with Gasteiger partial charge in [0.05, 0.1) is 13.1 Å². The van der Waals surface area contributed by atoms with E-state index >= 15 is 0 Å². The summed E-state index contributed by atoms with van der Waals surface area (Å²) in [7, 11) is 1.53. The molecule has 2 heterocycles. The number of benzene rings is 2. The average molecular weight is 439 g/mol. The minimum absolute atomic E-state index is 0. The van der Waals surface area contributed by atoms with E-state index in [0.29, 0.717) is 33.9 Å². The Bertz CT molecular complexity index is 1160. The number of aromatic nitrogens is 1. The molecule has 0 amide bonds. The molecule has 0 saturated heterocycles. The SMILES string of the molecule is COc1ccc(C(=O)/C(Cc2cccnc2)=C(\C(=O)[O-])c2ccc3c(c2)OCO3)cc1.[Na+]. The summed E-state index contributed by atoms with van der Waals surface area (Å²) in [6, 6.07) is 14.7. The smallest absolute Gasteiger partial charge is 0.545 e. The molecule has 32 heavy (non-hydrogen) atoms. The quantitative estimate of drug-likeness (QED) is 0.277. The Balaban J connectivity index is 0.00000289. The van der Waals surface area contributed by atoms with Crippen molar-refractivity contribution in [2.45, 2.75) is 6.42 Å². The zero-order valence-corrected chi connectivity index (χ0v) is 19.7. The van der Waals surface area contributed by atoms with E-state index in [4.69, 9.17) is 14.2 Å². The number of methoxy groups -OCH3 is 1. The second kappa shape index (κ2) is 10.5. The maximum atomic E-state index is 13.4.